The maximum atomic E-state index is 12.8. The zero-order valence-electron chi connectivity index (χ0n) is 24.0. The molecule has 0 radical (unpaired) electrons. The summed E-state index contributed by atoms with van der Waals surface area (Å²) < 4.78 is 8.21. The first kappa shape index (κ1) is 34.1. The number of aryl methyl sites for hydroxylation is 1. The lowest BCUT2D eigenvalue weighted by Crippen LogP contribution is -3.00. The van der Waals surface area contributed by atoms with E-state index in [1.54, 1.807) is 29.5 Å². The van der Waals surface area contributed by atoms with Gasteiger partial charge in [0.15, 0.2) is 12.2 Å². The molecule has 0 saturated heterocycles. The van der Waals surface area contributed by atoms with E-state index in [-0.39, 0.29) is 23.0 Å². The molecule has 40 heavy (non-hydrogen) atoms. The molecule has 1 aromatic heterocycles. The number of nitrogens with one attached hydrogen (secondary N) is 2. The van der Waals surface area contributed by atoms with Crippen LogP contribution in [0.1, 0.15) is 95.2 Å². The van der Waals surface area contributed by atoms with Crippen LogP contribution in [0.2, 0.25) is 5.02 Å². The molecule has 3 aromatic rings. The summed E-state index contributed by atoms with van der Waals surface area (Å²) in [6, 6.07) is 12.9. The third kappa shape index (κ3) is 13.0. The molecule has 0 aliphatic rings. The molecule has 3 rings (SSSR count). The van der Waals surface area contributed by atoms with Crippen LogP contribution in [0.5, 0.6) is 5.75 Å². The van der Waals surface area contributed by atoms with E-state index in [9.17, 15) is 4.79 Å². The number of carbonyl (C=O) groups is 1. The van der Waals surface area contributed by atoms with Crippen LogP contribution < -0.4 is 36.9 Å². The van der Waals surface area contributed by atoms with Crippen molar-refractivity contribution in [3.05, 3.63) is 69.6 Å². The van der Waals surface area contributed by atoms with Gasteiger partial charge in [0, 0.05) is 29.3 Å². The Kier molecular flexibility index (Phi) is 17.0. The van der Waals surface area contributed by atoms with Gasteiger partial charge in [0.25, 0.3) is 0 Å². The molecular weight excluding hydrogens is 606 g/mol. The smallest absolute Gasteiger partial charge is 0.323 e. The first-order valence-electron chi connectivity index (χ1n) is 14.6. The molecule has 0 aliphatic heterocycles. The molecule has 0 aliphatic carbocycles. The van der Waals surface area contributed by atoms with Crippen molar-refractivity contribution in [3.8, 4) is 5.75 Å². The maximum Gasteiger partial charge on any atom is 0.323 e. The van der Waals surface area contributed by atoms with Crippen LogP contribution in [-0.2, 0) is 6.54 Å². The van der Waals surface area contributed by atoms with E-state index >= 15 is 0 Å². The second-order valence-electron chi connectivity index (χ2n) is 10.3. The average molecular weight is 651 g/mol. The van der Waals surface area contributed by atoms with E-state index in [0.29, 0.717) is 23.1 Å². The molecule has 5 nitrogen and oxygen atoms in total. The highest BCUT2D eigenvalue weighted by molar-refractivity contribution is 7.07. The number of anilines is 2. The number of carbonyl (C=O) groups excluding carboxylic acids is 1. The normalized spacial score (nSPS) is 10.7. The largest absolute Gasteiger partial charge is 1.00 e. The minimum absolute atomic E-state index is 0. The monoisotopic (exact) mass is 649 g/mol. The zero-order valence-corrected chi connectivity index (χ0v) is 27.2. The lowest BCUT2D eigenvalue weighted by molar-refractivity contribution is -0.689. The van der Waals surface area contributed by atoms with Crippen LogP contribution in [0, 0.1) is 6.92 Å². The van der Waals surface area contributed by atoms with Crippen LogP contribution in [-0.4, -0.2) is 12.6 Å². The van der Waals surface area contributed by atoms with Crippen molar-refractivity contribution in [1.29, 1.82) is 0 Å². The Morgan fingerprint density at radius 1 is 0.900 bits per heavy atom. The molecule has 0 fully saturated rings. The van der Waals surface area contributed by atoms with E-state index in [1.807, 2.05) is 18.2 Å². The summed E-state index contributed by atoms with van der Waals surface area (Å²) in [6.45, 7) is 5.73. The fourth-order valence-electron chi connectivity index (χ4n) is 4.59. The van der Waals surface area contributed by atoms with E-state index < -0.39 is 0 Å². The minimum atomic E-state index is -0.316. The molecule has 0 atom stereocenters. The molecular formula is C32H45BrClN3O2S. The zero-order chi connectivity index (χ0) is 27.7. The molecule has 0 bridgehead atoms. The van der Waals surface area contributed by atoms with Gasteiger partial charge in [-0.15, -0.1) is 0 Å². The van der Waals surface area contributed by atoms with E-state index in [4.69, 9.17) is 16.3 Å². The van der Waals surface area contributed by atoms with Crippen molar-refractivity contribution in [2.24, 2.45) is 0 Å². The van der Waals surface area contributed by atoms with Gasteiger partial charge >= 0.3 is 6.03 Å². The molecule has 1 heterocycles. The number of halogens is 2. The van der Waals surface area contributed by atoms with Crippen LogP contribution >= 0.6 is 22.9 Å². The number of nitrogens with zero attached hydrogens (tertiary/aromatic N) is 1. The van der Waals surface area contributed by atoms with Gasteiger partial charge in [0.05, 0.1) is 17.7 Å². The van der Waals surface area contributed by atoms with Crippen LogP contribution in [0.4, 0.5) is 16.2 Å². The summed E-state index contributed by atoms with van der Waals surface area (Å²) >= 11 is 7.90. The van der Waals surface area contributed by atoms with Gasteiger partial charge in [0.2, 0.25) is 5.51 Å². The fourth-order valence-corrected chi connectivity index (χ4v) is 5.53. The van der Waals surface area contributed by atoms with Crippen molar-refractivity contribution < 1.29 is 31.1 Å². The average Bonchev–Trinajstić information content (AvgIpc) is 3.32. The molecule has 220 valence electrons. The van der Waals surface area contributed by atoms with Gasteiger partial charge in [-0.05, 0) is 30.7 Å². The molecule has 8 heteroatoms. The molecule has 0 saturated carbocycles. The summed E-state index contributed by atoms with van der Waals surface area (Å²) in [6.07, 6.45) is 15.6. The summed E-state index contributed by atoms with van der Waals surface area (Å²) in [7, 11) is 0. The van der Waals surface area contributed by atoms with Crippen molar-refractivity contribution in [2.45, 2.75) is 97.4 Å². The minimum Gasteiger partial charge on any atom is -1.00 e. The van der Waals surface area contributed by atoms with Gasteiger partial charge in [-0.2, -0.15) is 4.57 Å². The first-order valence-corrected chi connectivity index (χ1v) is 15.9. The standard InChI is InChI=1S/C32H44ClN3O2S.BrH/c1-3-4-5-6-7-8-9-10-11-12-13-14-20-38-31-22-28(33)18-19-30(31)35-32(37)34-29-17-15-16-27(21-29)23-36-25-39-24-26(36)2;/h15-19,21-22,24-25H,3-14,20,23H2,1-2H3,(H-,34,35,37);1H. The molecule has 0 unspecified atom stereocenters. The summed E-state index contributed by atoms with van der Waals surface area (Å²) in [4.78, 5) is 12.8. The molecule has 2 amide bonds. The van der Waals surface area contributed by atoms with Crippen LogP contribution in [0.3, 0.4) is 0 Å². The van der Waals surface area contributed by atoms with Gasteiger partial charge in [-0.3, -0.25) is 0 Å². The van der Waals surface area contributed by atoms with Crippen molar-refractivity contribution in [2.75, 3.05) is 17.2 Å². The van der Waals surface area contributed by atoms with Gasteiger partial charge in [-0.1, -0.05) is 113 Å². The Morgan fingerprint density at radius 2 is 1.57 bits per heavy atom. The lowest BCUT2D eigenvalue weighted by Gasteiger charge is -2.14. The van der Waals surface area contributed by atoms with E-state index in [1.165, 1.54) is 69.9 Å². The van der Waals surface area contributed by atoms with Gasteiger partial charge in [-0.25, -0.2) is 4.79 Å². The Balaban J connectivity index is 0.00000560. The Bertz CT molecular complexity index is 1140. The third-order valence-corrected chi connectivity index (χ3v) is 7.95. The maximum absolute atomic E-state index is 12.8. The number of hydrogen-bond acceptors (Lipinski definition) is 3. The second kappa shape index (κ2) is 19.9. The number of amides is 2. The summed E-state index contributed by atoms with van der Waals surface area (Å²) in [5.41, 5.74) is 5.79. The quantitative estimate of drug-likeness (QED) is 0.118. The number of rotatable bonds is 18. The van der Waals surface area contributed by atoms with Gasteiger partial charge in [0.1, 0.15) is 5.75 Å². The number of hydrogen-bond donors (Lipinski definition) is 2. The number of thiazole rings is 1. The van der Waals surface area contributed by atoms with Crippen LogP contribution in [0.25, 0.3) is 0 Å². The fraction of sp³-hybridized carbons (Fsp3) is 0.500. The SMILES string of the molecule is CCCCCCCCCCCCCCOc1cc(Cl)ccc1NC(=O)Nc1cccc(C[n+]2cscc2C)c1.[Br-]. The number of urea groups is 1. The summed E-state index contributed by atoms with van der Waals surface area (Å²) in [5.74, 6) is 0.596. The summed E-state index contributed by atoms with van der Waals surface area (Å²) in [5, 5.41) is 8.57. The predicted molar refractivity (Wildman–Crippen MR) is 165 cm³/mol. The van der Waals surface area contributed by atoms with Crippen molar-refractivity contribution in [3.63, 3.8) is 0 Å². The van der Waals surface area contributed by atoms with Crippen molar-refractivity contribution in [1.82, 2.24) is 0 Å². The Morgan fingerprint density at radius 3 is 2.23 bits per heavy atom. The van der Waals surface area contributed by atoms with Crippen LogP contribution in [0.15, 0.2) is 53.4 Å². The van der Waals surface area contributed by atoms with E-state index in [0.717, 1.165) is 30.6 Å². The van der Waals surface area contributed by atoms with E-state index in [2.05, 4.69) is 46.0 Å². The highest BCUT2D eigenvalue weighted by Gasteiger charge is 2.12. The highest BCUT2D eigenvalue weighted by atomic mass is 79.9. The van der Waals surface area contributed by atoms with Gasteiger partial charge < -0.3 is 32.4 Å². The molecule has 0 spiro atoms. The number of ether oxygens (including phenoxy) is 1. The lowest BCUT2D eigenvalue weighted by atomic mass is 10.1. The molecule has 2 N–H and O–H groups in total. The number of benzene rings is 2. The number of unbranched alkanes of at least 4 members (excludes halogenated alkanes) is 11. The third-order valence-electron chi connectivity index (χ3n) is 6.86. The highest BCUT2D eigenvalue weighted by Crippen LogP contribution is 2.29. The molecule has 2 aromatic carbocycles. The first-order chi connectivity index (χ1) is 19.0. The predicted octanol–water partition coefficient (Wildman–Crippen LogP) is 6.77. The Labute approximate surface area is 260 Å². The second-order valence-corrected chi connectivity index (χ2v) is 11.4. The topological polar surface area (TPSA) is 54.2 Å². The Hall–Kier alpha value is -2.09. The number of aromatic nitrogens is 1. The van der Waals surface area contributed by atoms with Crippen molar-refractivity contribution >= 4 is 40.3 Å².